The van der Waals surface area contributed by atoms with Crippen molar-refractivity contribution in [2.24, 2.45) is 0 Å². The van der Waals surface area contributed by atoms with Crippen LogP contribution in [0.3, 0.4) is 0 Å². The third-order valence-electron chi connectivity index (χ3n) is 3.88. The monoisotopic (exact) mass is 312 g/mol. The van der Waals surface area contributed by atoms with Gasteiger partial charge < -0.3 is 19.6 Å². The van der Waals surface area contributed by atoms with Gasteiger partial charge in [0.1, 0.15) is 5.76 Å². The van der Waals surface area contributed by atoms with Gasteiger partial charge in [0.15, 0.2) is 11.3 Å². The molecule has 23 heavy (non-hydrogen) atoms. The number of nitrogens with zero attached hydrogens (tertiary/aromatic N) is 1. The van der Waals surface area contributed by atoms with Gasteiger partial charge in [-0.05, 0) is 36.8 Å². The minimum absolute atomic E-state index is 0.0245. The standard InChI is InChI=1S/C18H20N2O3/c1-12(20-11-15(21)13-6-8-19-9-7-13)17-10-14-4-3-5-16(22-2)18(14)23-17/h3-10,12,15,20-21H,11H2,1-2H3. The Balaban J connectivity index is 1.70. The first-order valence-electron chi connectivity index (χ1n) is 7.57. The van der Waals surface area contributed by atoms with Gasteiger partial charge in [-0.15, -0.1) is 0 Å². The van der Waals surface area contributed by atoms with Crippen LogP contribution in [0.5, 0.6) is 5.75 Å². The second kappa shape index (κ2) is 6.81. The van der Waals surface area contributed by atoms with Gasteiger partial charge >= 0.3 is 0 Å². The van der Waals surface area contributed by atoms with Gasteiger partial charge in [0.2, 0.25) is 0 Å². The van der Waals surface area contributed by atoms with E-state index in [9.17, 15) is 5.11 Å². The summed E-state index contributed by atoms with van der Waals surface area (Å²) in [4.78, 5) is 3.95. The number of furan rings is 1. The highest BCUT2D eigenvalue weighted by Gasteiger charge is 2.15. The van der Waals surface area contributed by atoms with E-state index in [1.165, 1.54) is 0 Å². The molecule has 2 N–H and O–H groups in total. The second-order valence-corrected chi connectivity index (χ2v) is 5.45. The van der Waals surface area contributed by atoms with Crippen molar-refractivity contribution in [1.82, 2.24) is 10.3 Å². The van der Waals surface area contributed by atoms with E-state index in [0.29, 0.717) is 6.54 Å². The maximum absolute atomic E-state index is 10.2. The summed E-state index contributed by atoms with van der Waals surface area (Å²) in [6, 6.07) is 11.4. The fourth-order valence-corrected chi connectivity index (χ4v) is 2.52. The zero-order valence-corrected chi connectivity index (χ0v) is 13.2. The summed E-state index contributed by atoms with van der Waals surface area (Å²) in [6.07, 6.45) is 2.76. The van der Waals surface area contributed by atoms with Gasteiger partial charge in [-0.25, -0.2) is 0 Å². The van der Waals surface area contributed by atoms with E-state index in [4.69, 9.17) is 9.15 Å². The largest absolute Gasteiger partial charge is 0.493 e. The molecule has 0 spiro atoms. The number of aromatic nitrogens is 1. The maximum Gasteiger partial charge on any atom is 0.176 e. The maximum atomic E-state index is 10.2. The first-order chi connectivity index (χ1) is 11.2. The molecule has 0 fully saturated rings. The van der Waals surface area contributed by atoms with Crippen LogP contribution in [-0.4, -0.2) is 23.7 Å². The van der Waals surface area contributed by atoms with Crippen molar-refractivity contribution >= 4 is 11.0 Å². The Morgan fingerprint density at radius 1 is 1.26 bits per heavy atom. The SMILES string of the molecule is COc1cccc2cc(C(C)NCC(O)c3ccncc3)oc12. The van der Waals surface area contributed by atoms with Crippen molar-refractivity contribution in [3.63, 3.8) is 0 Å². The predicted molar refractivity (Wildman–Crippen MR) is 88.4 cm³/mol. The zero-order valence-electron chi connectivity index (χ0n) is 13.2. The molecule has 3 aromatic rings. The summed E-state index contributed by atoms with van der Waals surface area (Å²) >= 11 is 0. The van der Waals surface area contributed by atoms with Gasteiger partial charge in [-0.3, -0.25) is 4.98 Å². The Kier molecular flexibility index (Phi) is 4.60. The lowest BCUT2D eigenvalue weighted by molar-refractivity contribution is 0.169. The minimum Gasteiger partial charge on any atom is -0.493 e. The Morgan fingerprint density at radius 2 is 2.04 bits per heavy atom. The number of methoxy groups -OCH3 is 1. The molecule has 5 nitrogen and oxygen atoms in total. The van der Waals surface area contributed by atoms with Crippen molar-refractivity contribution in [2.45, 2.75) is 19.1 Å². The van der Waals surface area contributed by atoms with E-state index in [2.05, 4.69) is 10.3 Å². The van der Waals surface area contributed by atoms with E-state index >= 15 is 0 Å². The summed E-state index contributed by atoms with van der Waals surface area (Å²) in [7, 11) is 1.63. The molecule has 0 saturated heterocycles. The van der Waals surface area contributed by atoms with E-state index in [-0.39, 0.29) is 6.04 Å². The molecule has 2 heterocycles. The number of pyridine rings is 1. The van der Waals surface area contributed by atoms with Crippen molar-refractivity contribution in [1.29, 1.82) is 0 Å². The molecule has 2 aromatic heterocycles. The molecular formula is C18H20N2O3. The molecule has 120 valence electrons. The third-order valence-corrected chi connectivity index (χ3v) is 3.88. The molecule has 0 radical (unpaired) electrons. The summed E-state index contributed by atoms with van der Waals surface area (Å²) in [6.45, 7) is 2.43. The third kappa shape index (κ3) is 3.36. The summed E-state index contributed by atoms with van der Waals surface area (Å²) in [5.41, 5.74) is 1.58. The highest BCUT2D eigenvalue weighted by Crippen LogP contribution is 2.30. The fraction of sp³-hybridized carbons (Fsp3) is 0.278. The van der Waals surface area contributed by atoms with Gasteiger partial charge in [0.05, 0.1) is 19.3 Å². The number of benzene rings is 1. The van der Waals surface area contributed by atoms with Crippen LogP contribution in [0, 0.1) is 0 Å². The van der Waals surface area contributed by atoms with Gasteiger partial charge in [0, 0.05) is 24.3 Å². The van der Waals surface area contributed by atoms with Crippen LogP contribution < -0.4 is 10.1 Å². The lowest BCUT2D eigenvalue weighted by Crippen LogP contribution is -2.24. The highest BCUT2D eigenvalue weighted by molar-refractivity contribution is 5.83. The molecule has 2 unspecified atom stereocenters. The van der Waals surface area contributed by atoms with Crippen LogP contribution in [0.1, 0.15) is 30.4 Å². The average Bonchev–Trinajstić information content (AvgIpc) is 3.04. The summed E-state index contributed by atoms with van der Waals surface area (Å²) in [5.74, 6) is 1.53. The van der Waals surface area contributed by atoms with Crippen molar-refractivity contribution in [3.05, 3.63) is 60.1 Å². The van der Waals surface area contributed by atoms with Gasteiger partial charge in [-0.2, -0.15) is 0 Å². The normalized spacial score (nSPS) is 13.9. The number of rotatable bonds is 6. The Bertz CT molecular complexity index is 770. The van der Waals surface area contributed by atoms with Crippen molar-refractivity contribution in [3.8, 4) is 5.75 Å². The Labute approximate surface area is 134 Å². The van der Waals surface area contributed by atoms with Crippen LogP contribution >= 0.6 is 0 Å². The number of hydrogen-bond donors (Lipinski definition) is 2. The van der Waals surface area contributed by atoms with Crippen molar-refractivity contribution < 1.29 is 14.3 Å². The number of aliphatic hydroxyl groups excluding tert-OH is 1. The fourth-order valence-electron chi connectivity index (χ4n) is 2.52. The average molecular weight is 312 g/mol. The van der Waals surface area contributed by atoms with Crippen LogP contribution in [0.15, 0.2) is 53.2 Å². The minimum atomic E-state index is -0.584. The van der Waals surface area contributed by atoms with Crippen LogP contribution in [0.4, 0.5) is 0 Å². The van der Waals surface area contributed by atoms with E-state index < -0.39 is 6.10 Å². The Morgan fingerprint density at radius 3 is 2.78 bits per heavy atom. The molecule has 5 heteroatoms. The molecular weight excluding hydrogens is 292 g/mol. The number of hydrogen-bond acceptors (Lipinski definition) is 5. The number of aliphatic hydroxyl groups is 1. The number of fused-ring (bicyclic) bond motifs is 1. The smallest absolute Gasteiger partial charge is 0.176 e. The van der Waals surface area contributed by atoms with Crippen LogP contribution in [0.2, 0.25) is 0 Å². The number of para-hydroxylation sites is 1. The molecule has 0 saturated carbocycles. The predicted octanol–water partition coefficient (Wildman–Crippen LogP) is 3.22. The molecule has 0 aliphatic carbocycles. The van der Waals surface area contributed by atoms with Crippen LogP contribution in [0.25, 0.3) is 11.0 Å². The first-order valence-corrected chi connectivity index (χ1v) is 7.57. The number of nitrogens with one attached hydrogen (secondary N) is 1. The molecule has 1 aromatic carbocycles. The molecule has 3 rings (SSSR count). The lowest BCUT2D eigenvalue weighted by atomic mass is 10.1. The van der Waals surface area contributed by atoms with E-state index in [1.54, 1.807) is 19.5 Å². The van der Waals surface area contributed by atoms with Crippen molar-refractivity contribution in [2.75, 3.05) is 13.7 Å². The lowest BCUT2D eigenvalue weighted by Gasteiger charge is -2.15. The number of ether oxygens (including phenoxy) is 1. The van der Waals surface area contributed by atoms with E-state index in [0.717, 1.165) is 28.0 Å². The van der Waals surface area contributed by atoms with Gasteiger partial charge in [-0.1, -0.05) is 12.1 Å². The molecule has 0 aliphatic heterocycles. The molecule has 0 amide bonds. The summed E-state index contributed by atoms with van der Waals surface area (Å²) < 4.78 is 11.2. The quantitative estimate of drug-likeness (QED) is 0.731. The molecule has 0 bridgehead atoms. The van der Waals surface area contributed by atoms with Crippen LogP contribution in [-0.2, 0) is 0 Å². The first kappa shape index (κ1) is 15.5. The summed E-state index contributed by atoms with van der Waals surface area (Å²) in [5, 5.41) is 14.5. The zero-order chi connectivity index (χ0) is 16.2. The highest BCUT2D eigenvalue weighted by atomic mass is 16.5. The Hall–Kier alpha value is -2.37. The molecule has 2 atom stereocenters. The van der Waals surface area contributed by atoms with E-state index in [1.807, 2.05) is 43.3 Å². The molecule has 0 aliphatic rings. The van der Waals surface area contributed by atoms with Gasteiger partial charge in [0.25, 0.3) is 0 Å². The topological polar surface area (TPSA) is 67.5 Å². The second-order valence-electron chi connectivity index (χ2n) is 5.45.